The van der Waals surface area contributed by atoms with Crippen LogP contribution in [0.15, 0.2) is 41.6 Å². The topological polar surface area (TPSA) is 55.4 Å². The normalized spacial score (nSPS) is 25.2. The summed E-state index contributed by atoms with van der Waals surface area (Å²) in [4.78, 5) is 25.6. The molecule has 3 atom stereocenters. The van der Waals surface area contributed by atoms with Gasteiger partial charge in [0.1, 0.15) is 0 Å². The molecule has 2 aliphatic rings. The van der Waals surface area contributed by atoms with E-state index in [9.17, 15) is 9.59 Å². The number of ether oxygens (including phenoxy) is 1. The number of nitrogens with one attached hydrogen (secondary N) is 1. The second-order valence-electron chi connectivity index (χ2n) is 6.92. The number of ketones is 1. The van der Waals surface area contributed by atoms with E-state index in [0.29, 0.717) is 27.6 Å². The summed E-state index contributed by atoms with van der Waals surface area (Å²) in [6.45, 7) is 5.52. The Labute approximate surface area is 163 Å². The number of esters is 1. The number of hydrogen-bond donors (Lipinski definition) is 1. The fourth-order valence-electron chi connectivity index (χ4n) is 3.66. The molecule has 0 radical (unpaired) electrons. The van der Waals surface area contributed by atoms with Gasteiger partial charge in [0.15, 0.2) is 5.78 Å². The Morgan fingerprint density at radius 1 is 1.31 bits per heavy atom. The summed E-state index contributed by atoms with van der Waals surface area (Å²) in [7, 11) is 0. The molecule has 6 heteroatoms. The zero-order chi connectivity index (χ0) is 19.0. The zero-order valence-electron chi connectivity index (χ0n) is 14.9. The number of carbonyl (C=O) groups is 2. The predicted molar refractivity (Wildman–Crippen MR) is 102 cm³/mol. The van der Waals surface area contributed by atoms with Crippen LogP contribution < -0.4 is 5.32 Å². The Hall–Kier alpha value is -1.78. The minimum atomic E-state index is -0.581. The summed E-state index contributed by atoms with van der Waals surface area (Å²) >= 11 is 12.7. The molecule has 0 fully saturated rings. The highest BCUT2D eigenvalue weighted by Crippen LogP contribution is 2.45. The van der Waals surface area contributed by atoms with Crippen molar-refractivity contribution in [1.29, 1.82) is 0 Å². The van der Waals surface area contributed by atoms with E-state index in [2.05, 4.69) is 5.32 Å². The number of allylic oxidation sites excluding steroid dienone is 3. The number of carbonyl (C=O) groups excluding carboxylic acids is 2. The van der Waals surface area contributed by atoms with Crippen molar-refractivity contribution in [1.82, 2.24) is 5.32 Å². The Kier molecular flexibility index (Phi) is 5.44. The first-order valence-corrected chi connectivity index (χ1v) is 9.41. The average Bonchev–Trinajstić information content (AvgIpc) is 2.55. The smallest absolute Gasteiger partial charge is 0.312 e. The maximum atomic E-state index is 12.9. The van der Waals surface area contributed by atoms with Crippen LogP contribution >= 0.6 is 23.2 Å². The van der Waals surface area contributed by atoms with Crippen molar-refractivity contribution >= 4 is 35.0 Å². The van der Waals surface area contributed by atoms with Crippen molar-refractivity contribution in [3.63, 3.8) is 0 Å². The van der Waals surface area contributed by atoms with Crippen LogP contribution in [0, 0.1) is 5.92 Å². The molecule has 0 amide bonds. The summed E-state index contributed by atoms with van der Waals surface area (Å²) in [5.41, 5.74) is 1.98. The van der Waals surface area contributed by atoms with Gasteiger partial charge in [0, 0.05) is 29.7 Å². The Morgan fingerprint density at radius 3 is 2.73 bits per heavy atom. The van der Waals surface area contributed by atoms with Crippen molar-refractivity contribution in [2.45, 2.75) is 45.3 Å². The van der Waals surface area contributed by atoms with E-state index >= 15 is 0 Å². The third-order valence-electron chi connectivity index (χ3n) is 4.71. The van der Waals surface area contributed by atoms with E-state index in [4.69, 9.17) is 27.9 Å². The molecular formula is C20H21Cl2NO3. The van der Waals surface area contributed by atoms with E-state index in [1.54, 1.807) is 26.0 Å². The van der Waals surface area contributed by atoms with Crippen LogP contribution in [-0.2, 0) is 14.3 Å². The van der Waals surface area contributed by atoms with Crippen molar-refractivity contribution in [2.75, 3.05) is 0 Å². The molecule has 1 aliphatic carbocycles. The number of benzene rings is 1. The lowest BCUT2D eigenvalue weighted by molar-refractivity contribution is -0.154. The molecule has 138 valence electrons. The molecule has 1 heterocycles. The largest absolute Gasteiger partial charge is 0.463 e. The second-order valence-corrected chi connectivity index (χ2v) is 7.71. The van der Waals surface area contributed by atoms with Crippen molar-refractivity contribution in [2.24, 2.45) is 5.92 Å². The van der Waals surface area contributed by atoms with Gasteiger partial charge in [-0.05, 0) is 38.5 Å². The van der Waals surface area contributed by atoms with Gasteiger partial charge in [-0.25, -0.2) is 0 Å². The molecular weight excluding hydrogens is 373 g/mol. The first kappa shape index (κ1) is 19.0. The van der Waals surface area contributed by atoms with Crippen LogP contribution in [0.25, 0.3) is 0 Å². The van der Waals surface area contributed by atoms with Crippen molar-refractivity contribution in [3.8, 4) is 0 Å². The van der Waals surface area contributed by atoms with Gasteiger partial charge in [-0.3, -0.25) is 9.59 Å². The molecule has 1 aliphatic heterocycles. The summed E-state index contributed by atoms with van der Waals surface area (Å²) in [6.07, 6.45) is 3.77. The van der Waals surface area contributed by atoms with Gasteiger partial charge in [0.05, 0.1) is 22.1 Å². The van der Waals surface area contributed by atoms with E-state index in [1.807, 2.05) is 25.1 Å². The third kappa shape index (κ3) is 3.40. The van der Waals surface area contributed by atoms with Crippen molar-refractivity contribution < 1.29 is 14.3 Å². The van der Waals surface area contributed by atoms with Crippen LogP contribution in [0.2, 0.25) is 10.0 Å². The minimum absolute atomic E-state index is 0.0229. The minimum Gasteiger partial charge on any atom is -0.463 e. The van der Waals surface area contributed by atoms with Gasteiger partial charge >= 0.3 is 5.97 Å². The molecule has 1 aromatic carbocycles. The molecule has 1 aromatic rings. The first-order valence-electron chi connectivity index (χ1n) is 8.66. The zero-order valence-corrected chi connectivity index (χ0v) is 16.4. The molecule has 4 nitrogen and oxygen atoms in total. The van der Waals surface area contributed by atoms with Gasteiger partial charge in [-0.15, -0.1) is 0 Å². The Bertz CT molecular complexity index is 813. The van der Waals surface area contributed by atoms with E-state index < -0.39 is 11.8 Å². The quantitative estimate of drug-likeness (QED) is 0.772. The van der Waals surface area contributed by atoms with Crippen LogP contribution in [-0.4, -0.2) is 23.9 Å². The van der Waals surface area contributed by atoms with Crippen LogP contribution in [0.4, 0.5) is 0 Å². The Morgan fingerprint density at radius 2 is 2.04 bits per heavy atom. The average molecular weight is 394 g/mol. The van der Waals surface area contributed by atoms with Crippen LogP contribution in [0.3, 0.4) is 0 Å². The lowest BCUT2D eigenvalue weighted by Crippen LogP contribution is -2.48. The molecule has 3 unspecified atom stereocenters. The third-order valence-corrected chi connectivity index (χ3v) is 5.54. The summed E-state index contributed by atoms with van der Waals surface area (Å²) < 4.78 is 5.49. The molecule has 3 rings (SSSR count). The predicted octanol–water partition coefficient (Wildman–Crippen LogP) is 4.42. The Balaban J connectivity index is 2.19. The monoisotopic (exact) mass is 393 g/mol. The molecule has 1 N–H and O–H groups in total. The molecule has 0 bridgehead atoms. The lowest BCUT2D eigenvalue weighted by Gasteiger charge is -2.40. The number of halogens is 2. The maximum absolute atomic E-state index is 12.9. The maximum Gasteiger partial charge on any atom is 0.312 e. The molecule has 0 saturated carbocycles. The fourth-order valence-corrected chi connectivity index (χ4v) is 4.09. The standard InChI is InChI=1S/C20H21Cl2NO3/c1-10(2)26-20(25)16-11(3)23-14-8-5-9-15(24)18(14)17(16)12-6-4-7-13(21)19(12)22/h4-8,10-11,16-17,23H,9H2,1-3H3. The van der Waals surface area contributed by atoms with Crippen LogP contribution in [0.5, 0.6) is 0 Å². The highest BCUT2D eigenvalue weighted by atomic mass is 35.5. The SMILES string of the molecule is CC(C)OC(=O)C1C(C)NC2=C(C(=O)CC=C2)C1c1cccc(Cl)c1Cl. The molecule has 26 heavy (non-hydrogen) atoms. The van der Waals surface area contributed by atoms with Gasteiger partial charge in [0.25, 0.3) is 0 Å². The molecule has 0 saturated heterocycles. The number of hydrogen-bond acceptors (Lipinski definition) is 4. The molecule has 0 aromatic heterocycles. The van der Waals surface area contributed by atoms with E-state index in [1.165, 1.54) is 0 Å². The highest BCUT2D eigenvalue weighted by molar-refractivity contribution is 6.42. The molecule has 0 spiro atoms. The van der Waals surface area contributed by atoms with Gasteiger partial charge < -0.3 is 10.1 Å². The van der Waals surface area contributed by atoms with E-state index in [-0.39, 0.29) is 23.9 Å². The highest BCUT2D eigenvalue weighted by Gasteiger charge is 2.45. The number of rotatable bonds is 3. The van der Waals surface area contributed by atoms with Crippen LogP contribution in [0.1, 0.15) is 38.7 Å². The fraction of sp³-hybridized carbons (Fsp3) is 0.400. The summed E-state index contributed by atoms with van der Waals surface area (Å²) in [6, 6.07) is 5.07. The second kappa shape index (κ2) is 7.45. The summed E-state index contributed by atoms with van der Waals surface area (Å²) in [5, 5.41) is 4.04. The first-order chi connectivity index (χ1) is 12.3. The number of Topliss-reactive ketones (excluding diaryl/α,β-unsaturated/α-hetero) is 1. The van der Waals surface area contributed by atoms with E-state index in [0.717, 1.165) is 5.70 Å². The van der Waals surface area contributed by atoms with Crippen molar-refractivity contribution in [3.05, 3.63) is 57.2 Å². The van der Waals surface area contributed by atoms with Gasteiger partial charge in [-0.1, -0.05) is 41.4 Å². The van der Waals surface area contributed by atoms with Gasteiger partial charge in [-0.2, -0.15) is 0 Å². The summed E-state index contributed by atoms with van der Waals surface area (Å²) in [5.74, 6) is -1.46. The van der Waals surface area contributed by atoms with Gasteiger partial charge in [0.2, 0.25) is 0 Å². The lowest BCUT2D eigenvalue weighted by atomic mass is 9.71.